The van der Waals surface area contributed by atoms with Crippen LogP contribution in [0.3, 0.4) is 0 Å². The molecule has 4 nitrogen and oxygen atoms in total. The van der Waals surface area contributed by atoms with E-state index in [1.54, 1.807) is 12.1 Å². The first-order chi connectivity index (χ1) is 9.50. The molecule has 1 fully saturated rings. The highest BCUT2D eigenvalue weighted by Crippen LogP contribution is 2.31. The van der Waals surface area contributed by atoms with Gasteiger partial charge in [-0.3, -0.25) is 4.79 Å². The van der Waals surface area contributed by atoms with E-state index in [1.807, 2.05) is 12.1 Å². The smallest absolute Gasteiger partial charge is 0.249 e. The number of nitrogens with two attached hydrogens (primary N) is 1. The first kappa shape index (κ1) is 15.0. The van der Waals surface area contributed by atoms with Crippen LogP contribution in [0.4, 0.5) is 0 Å². The van der Waals surface area contributed by atoms with Gasteiger partial charge in [-0.1, -0.05) is 25.1 Å². The van der Waals surface area contributed by atoms with Crippen molar-refractivity contribution in [1.29, 1.82) is 0 Å². The van der Waals surface area contributed by atoms with Gasteiger partial charge >= 0.3 is 0 Å². The van der Waals surface area contributed by atoms with Gasteiger partial charge in [0.2, 0.25) is 5.91 Å². The van der Waals surface area contributed by atoms with Gasteiger partial charge in [0, 0.05) is 18.7 Å². The Kier molecular flexibility index (Phi) is 4.78. The van der Waals surface area contributed by atoms with Crippen LogP contribution < -0.4 is 11.1 Å². The number of carbonyl (C=O) groups excluding carboxylic acids is 1. The summed E-state index contributed by atoms with van der Waals surface area (Å²) in [4.78, 5) is 11.3. The third-order valence-corrected chi connectivity index (χ3v) is 4.26. The van der Waals surface area contributed by atoms with Crippen molar-refractivity contribution in [3.8, 4) is 0 Å². The van der Waals surface area contributed by atoms with Crippen molar-refractivity contribution in [3.63, 3.8) is 0 Å². The van der Waals surface area contributed by atoms with Gasteiger partial charge in [0.05, 0.1) is 5.60 Å². The van der Waals surface area contributed by atoms with Gasteiger partial charge in [0.1, 0.15) is 0 Å². The fourth-order valence-corrected chi connectivity index (χ4v) is 2.82. The summed E-state index contributed by atoms with van der Waals surface area (Å²) in [7, 11) is 0. The molecule has 20 heavy (non-hydrogen) atoms. The minimum absolute atomic E-state index is 0.410. The minimum atomic E-state index is -0.603. The van der Waals surface area contributed by atoms with E-state index in [0.29, 0.717) is 24.6 Å². The second kappa shape index (κ2) is 6.37. The number of rotatable bonds is 5. The van der Waals surface area contributed by atoms with Crippen LogP contribution in [0.2, 0.25) is 0 Å². The van der Waals surface area contributed by atoms with Crippen molar-refractivity contribution in [1.82, 2.24) is 5.32 Å². The van der Waals surface area contributed by atoms with Crippen LogP contribution in [0.1, 0.15) is 48.5 Å². The van der Waals surface area contributed by atoms with Crippen LogP contribution >= 0.6 is 0 Å². The number of amides is 1. The van der Waals surface area contributed by atoms with Crippen LogP contribution in [0.15, 0.2) is 24.3 Å². The first-order valence-electron chi connectivity index (χ1n) is 7.31. The largest absolute Gasteiger partial charge is 0.389 e. The van der Waals surface area contributed by atoms with E-state index in [4.69, 9.17) is 5.73 Å². The first-order valence-corrected chi connectivity index (χ1v) is 7.31. The Morgan fingerprint density at radius 2 is 2.05 bits per heavy atom. The summed E-state index contributed by atoms with van der Waals surface area (Å²) in [6, 6.07) is 7.32. The Balaban J connectivity index is 1.88. The Hall–Kier alpha value is -1.39. The number of primary amides is 1. The normalized spacial score (nSPS) is 26.4. The molecule has 2 rings (SSSR count). The topological polar surface area (TPSA) is 75.3 Å². The fraction of sp³-hybridized carbons (Fsp3) is 0.562. The number of nitrogens with one attached hydrogen (secondary N) is 1. The van der Waals surface area contributed by atoms with Gasteiger partial charge in [0.25, 0.3) is 0 Å². The molecule has 0 radical (unpaired) electrons. The van der Waals surface area contributed by atoms with Crippen molar-refractivity contribution in [2.75, 3.05) is 6.54 Å². The lowest BCUT2D eigenvalue weighted by atomic mass is 9.79. The Labute approximate surface area is 120 Å². The standard InChI is InChI=1S/C16H24N2O2/c1-12-6-8-16(20,9-7-12)11-18-10-13-4-2-3-5-14(13)15(17)19/h2-5,12,18,20H,6-11H2,1H3,(H2,17,19). The van der Waals surface area contributed by atoms with E-state index in [0.717, 1.165) is 31.2 Å². The molecule has 1 amide bonds. The molecule has 0 atom stereocenters. The van der Waals surface area contributed by atoms with E-state index in [-0.39, 0.29) is 0 Å². The molecule has 1 saturated carbocycles. The van der Waals surface area contributed by atoms with E-state index in [1.165, 1.54) is 0 Å². The molecule has 0 spiro atoms. The monoisotopic (exact) mass is 276 g/mol. The highest BCUT2D eigenvalue weighted by molar-refractivity contribution is 5.94. The van der Waals surface area contributed by atoms with E-state index in [2.05, 4.69) is 12.2 Å². The van der Waals surface area contributed by atoms with E-state index in [9.17, 15) is 9.90 Å². The zero-order valence-corrected chi connectivity index (χ0v) is 12.1. The lowest BCUT2D eigenvalue weighted by Gasteiger charge is -2.35. The molecular weight excluding hydrogens is 252 g/mol. The molecule has 4 N–H and O–H groups in total. The maximum absolute atomic E-state index is 11.3. The molecule has 0 aliphatic heterocycles. The van der Waals surface area contributed by atoms with Gasteiger partial charge in [-0.15, -0.1) is 0 Å². The Bertz CT molecular complexity index is 465. The molecule has 0 unspecified atom stereocenters. The summed E-state index contributed by atoms with van der Waals surface area (Å²) < 4.78 is 0. The quantitative estimate of drug-likeness (QED) is 0.768. The summed E-state index contributed by atoms with van der Waals surface area (Å²) >= 11 is 0. The predicted molar refractivity (Wildman–Crippen MR) is 79.2 cm³/mol. The van der Waals surface area contributed by atoms with E-state index >= 15 is 0 Å². The lowest BCUT2D eigenvalue weighted by Crippen LogP contribution is -2.43. The van der Waals surface area contributed by atoms with E-state index < -0.39 is 11.5 Å². The summed E-state index contributed by atoms with van der Waals surface area (Å²) in [5, 5.41) is 13.8. The highest BCUT2D eigenvalue weighted by Gasteiger charge is 2.31. The number of benzene rings is 1. The van der Waals surface area contributed by atoms with Gasteiger partial charge in [-0.25, -0.2) is 0 Å². The average Bonchev–Trinajstić information content (AvgIpc) is 2.43. The highest BCUT2D eigenvalue weighted by atomic mass is 16.3. The second-order valence-corrected chi connectivity index (χ2v) is 6.03. The molecule has 1 aliphatic rings. The van der Waals surface area contributed by atoms with Crippen LogP contribution in [-0.4, -0.2) is 23.2 Å². The Morgan fingerprint density at radius 3 is 2.70 bits per heavy atom. The van der Waals surface area contributed by atoms with Gasteiger partial charge < -0.3 is 16.2 Å². The number of carbonyl (C=O) groups is 1. The van der Waals surface area contributed by atoms with Crippen LogP contribution in [0.25, 0.3) is 0 Å². The molecule has 1 aromatic rings. The van der Waals surface area contributed by atoms with Crippen molar-refractivity contribution in [2.45, 2.75) is 44.8 Å². The minimum Gasteiger partial charge on any atom is -0.389 e. The van der Waals surface area contributed by atoms with Crippen molar-refractivity contribution in [2.24, 2.45) is 11.7 Å². The molecule has 0 saturated heterocycles. The lowest BCUT2D eigenvalue weighted by molar-refractivity contribution is -0.00630. The predicted octanol–water partition coefficient (Wildman–Crippen LogP) is 1.82. The summed E-state index contributed by atoms with van der Waals surface area (Å²) in [5.41, 5.74) is 6.18. The number of hydrogen-bond donors (Lipinski definition) is 3. The molecule has 0 bridgehead atoms. The number of hydrogen-bond acceptors (Lipinski definition) is 3. The molecule has 110 valence electrons. The third-order valence-electron chi connectivity index (χ3n) is 4.26. The molecule has 1 aromatic carbocycles. The Morgan fingerprint density at radius 1 is 1.40 bits per heavy atom. The second-order valence-electron chi connectivity index (χ2n) is 6.03. The SMILES string of the molecule is CC1CCC(O)(CNCc2ccccc2C(N)=O)CC1. The van der Waals surface area contributed by atoms with Crippen molar-refractivity contribution in [3.05, 3.63) is 35.4 Å². The van der Waals surface area contributed by atoms with Gasteiger partial charge in [0.15, 0.2) is 0 Å². The summed E-state index contributed by atoms with van der Waals surface area (Å²) in [6.45, 7) is 3.35. The zero-order chi connectivity index (χ0) is 14.6. The molecule has 1 aliphatic carbocycles. The van der Waals surface area contributed by atoms with Gasteiger partial charge in [-0.2, -0.15) is 0 Å². The molecule has 4 heteroatoms. The summed E-state index contributed by atoms with van der Waals surface area (Å²) in [5.74, 6) is 0.304. The fourth-order valence-electron chi connectivity index (χ4n) is 2.82. The zero-order valence-electron chi connectivity index (χ0n) is 12.1. The summed E-state index contributed by atoms with van der Waals surface area (Å²) in [6.07, 6.45) is 3.85. The average molecular weight is 276 g/mol. The van der Waals surface area contributed by atoms with Crippen molar-refractivity contribution >= 4 is 5.91 Å². The van der Waals surface area contributed by atoms with Crippen LogP contribution in [0.5, 0.6) is 0 Å². The number of aliphatic hydroxyl groups is 1. The molecular formula is C16H24N2O2. The third kappa shape index (κ3) is 3.81. The molecule has 0 heterocycles. The maximum Gasteiger partial charge on any atom is 0.249 e. The van der Waals surface area contributed by atoms with Gasteiger partial charge in [-0.05, 0) is 43.2 Å². The van der Waals surface area contributed by atoms with Crippen LogP contribution in [0, 0.1) is 5.92 Å². The van der Waals surface area contributed by atoms with Crippen LogP contribution in [-0.2, 0) is 6.54 Å². The van der Waals surface area contributed by atoms with Crippen molar-refractivity contribution < 1.29 is 9.90 Å². The maximum atomic E-state index is 11.3. The molecule has 0 aromatic heterocycles.